The summed E-state index contributed by atoms with van der Waals surface area (Å²) in [6.45, 7) is -0.375. The second-order valence-corrected chi connectivity index (χ2v) is 4.09. The van der Waals surface area contributed by atoms with E-state index in [0.29, 0.717) is 0 Å². The van der Waals surface area contributed by atoms with Gasteiger partial charge < -0.3 is 14.9 Å². The van der Waals surface area contributed by atoms with E-state index in [1.54, 1.807) is 24.3 Å². The third-order valence-electron chi connectivity index (χ3n) is 2.67. The van der Waals surface area contributed by atoms with Crippen LogP contribution in [0.4, 0.5) is 0 Å². The summed E-state index contributed by atoms with van der Waals surface area (Å²) in [7, 11) is 0. The monoisotopic (exact) mass is 258 g/mol. The second-order valence-electron chi connectivity index (χ2n) is 4.09. The fraction of sp³-hybridized carbons (Fsp3) is 0.133. The van der Waals surface area contributed by atoms with Crippen molar-refractivity contribution in [2.45, 2.75) is 6.10 Å². The molecule has 0 aliphatic rings. The van der Waals surface area contributed by atoms with E-state index in [4.69, 9.17) is 9.84 Å². The molecule has 0 radical (unpaired) electrons. The molecule has 2 N–H and O–H groups in total. The zero-order valence-corrected chi connectivity index (χ0v) is 10.2. The number of carboxylic acids is 1. The fourth-order valence-electron chi connectivity index (χ4n) is 1.82. The van der Waals surface area contributed by atoms with Crippen LogP contribution in [0.25, 0.3) is 0 Å². The molecule has 0 saturated carbocycles. The van der Waals surface area contributed by atoms with Gasteiger partial charge in [-0.25, -0.2) is 4.79 Å². The van der Waals surface area contributed by atoms with Gasteiger partial charge in [0.1, 0.15) is 18.5 Å². The quantitative estimate of drug-likeness (QED) is 0.865. The topological polar surface area (TPSA) is 66.8 Å². The third-order valence-corrected chi connectivity index (χ3v) is 2.67. The van der Waals surface area contributed by atoms with E-state index >= 15 is 0 Å². The van der Waals surface area contributed by atoms with E-state index in [9.17, 15) is 9.90 Å². The molecule has 19 heavy (non-hydrogen) atoms. The van der Waals surface area contributed by atoms with Gasteiger partial charge in [-0.1, -0.05) is 42.5 Å². The Bertz CT molecular complexity index is 534. The van der Waals surface area contributed by atoms with Crippen molar-refractivity contribution < 1.29 is 19.7 Å². The summed E-state index contributed by atoms with van der Waals surface area (Å²) in [4.78, 5) is 10.7. The standard InChI is InChI=1S/C15H14O4/c16-13-8-6-12(7-9-13)15(19-10-14(17)18)11-4-2-1-3-5-11/h1-9,15-16H,10H2,(H,17,18). The number of carboxylic acid groups (broad SMARTS) is 1. The van der Waals surface area contributed by atoms with Crippen molar-refractivity contribution in [2.75, 3.05) is 6.61 Å². The second kappa shape index (κ2) is 6.02. The highest BCUT2D eigenvalue weighted by atomic mass is 16.5. The van der Waals surface area contributed by atoms with Crippen molar-refractivity contribution in [2.24, 2.45) is 0 Å². The summed E-state index contributed by atoms with van der Waals surface area (Å²) in [5.74, 6) is -0.853. The number of carbonyl (C=O) groups is 1. The largest absolute Gasteiger partial charge is 0.508 e. The van der Waals surface area contributed by atoms with E-state index in [-0.39, 0.29) is 12.4 Å². The number of benzene rings is 2. The maximum absolute atomic E-state index is 10.7. The Morgan fingerprint density at radius 2 is 1.58 bits per heavy atom. The highest BCUT2D eigenvalue weighted by molar-refractivity contribution is 5.68. The molecule has 0 fully saturated rings. The lowest BCUT2D eigenvalue weighted by atomic mass is 10.0. The first-order chi connectivity index (χ1) is 9.16. The molecule has 0 aromatic heterocycles. The van der Waals surface area contributed by atoms with Crippen molar-refractivity contribution in [3.05, 3.63) is 65.7 Å². The third kappa shape index (κ3) is 3.56. The highest BCUT2D eigenvalue weighted by Gasteiger charge is 2.15. The van der Waals surface area contributed by atoms with Gasteiger partial charge in [-0.05, 0) is 23.3 Å². The van der Waals surface area contributed by atoms with Crippen LogP contribution >= 0.6 is 0 Å². The molecule has 0 saturated heterocycles. The zero-order chi connectivity index (χ0) is 13.7. The van der Waals surface area contributed by atoms with Crippen molar-refractivity contribution in [1.82, 2.24) is 0 Å². The van der Waals surface area contributed by atoms with Crippen LogP contribution in [0.3, 0.4) is 0 Å². The van der Waals surface area contributed by atoms with Crippen LogP contribution in [0.1, 0.15) is 17.2 Å². The Kier molecular flexibility index (Phi) is 4.15. The number of hydrogen-bond acceptors (Lipinski definition) is 3. The number of phenolic OH excluding ortho intramolecular Hbond substituents is 1. The van der Waals surface area contributed by atoms with Crippen LogP contribution in [0.2, 0.25) is 0 Å². The molecule has 4 heteroatoms. The molecular weight excluding hydrogens is 244 g/mol. The Morgan fingerprint density at radius 3 is 2.16 bits per heavy atom. The fourth-order valence-corrected chi connectivity index (χ4v) is 1.82. The Balaban J connectivity index is 2.28. The first kappa shape index (κ1) is 13.1. The minimum absolute atomic E-state index is 0.161. The minimum Gasteiger partial charge on any atom is -0.508 e. The Labute approximate surface area is 110 Å². The summed E-state index contributed by atoms with van der Waals surface area (Å²) >= 11 is 0. The molecule has 0 aliphatic carbocycles. The number of aliphatic carboxylic acids is 1. The van der Waals surface area contributed by atoms with Gasteiger partial charge in [0.15, 0.2) is 0 Å². The van der Waals surface area contributed by atoms with Gasteiger partial charge >= 0.3 is 5.97 Å². The smallest absolute Gasteiger partial charge is 0.329 e. The minimum atomic E-state index is -1.01. The van der Waals surface area contributed by atoms with Crippen molar-refractivity contribution >= 4 is 5.97 Å². The summed E-state index contributed by atoms with van der Waals surface area (Å²) in [5.41, 5.74) is 1.67. The average molecular weight is 258 g/mol. The van der Waals surface area contributed by atoms with Crippen molar-refractivity contribution in [3.63, 3.8) is 0 Å². The predicted molar refractivity (Wildman–Crippen MR) is 70.0 cm³/mol. The number of aromatic hydroxyl groups is 1. The molecule has 1 unspecified atom stereocenters. The van der Waals surface area contributed by atoms with Gasteiger partial charge in [0, 0.05) is 0 Å². The van der Waals surface area contributed by atoms with E-state index < -0.39 is 12.1 Å². The summed E-state index contributed by atoms with van der Waals surface area (Å²) in [6, 6.07) is 15.9. The summed E-state index contributed by atoms with van der Waals surface area (Å²) in [6.07, 6.45) is -0.460. The lowest BCUT2D eigenvalue weighted by molar-refractivity contribution is -0.143. The van der Waals surface area contributed by atoms with Gasteiger partial charge in [-0.2, -0.15) is 0 Å². The number of hydrogen-bond donors (Lipinski definition) is 2. The van der Waals surface area contributed by atoms with Gasteiger partial charge in [-0.3, -0.25) is 0 Å². The molecule has 2 aromatic rings. The highest BCUT2D eigenvalue weighted by Crippen LogP contribution is 2.27. The molecule has 2 aromatic carbocycles. The van der Waals surface area contributed by atoms with E-state index in [1.165, 1.54) is 0 Å². The normalized spacial score (nSPS) is 12.0. The van der Waals surface area contributed by atoms with Crippen molar-refractivity contribution in [3.8, 4) is 5.75 Å². The van der Waals surface area contributed by atoms with Crippen LogP contribution in [0.15, 0.2) is 54.6 Å². The molecule has 0 heterocycles. The van der Waals surface area contributed by atoms with Crippen LogP contribution < -0.4 is 0 Å². The number of phenols is 1. The molecule has 0 amide bonds. The molecule has 0 bridgehead atoms. The molecule has 98 valence electrons. The SMILES string of the molecule is O=C(O)COC(c1ccccc1)c1ccc(O)cc1. The molecule has 0 spiro atoms. The molecule has 0 aliphatic heterocycles. The average Bonchev–Trinajstić information content (AvgIpc) is 2.42. The Hall–Kier alpha value is -2.33. The molecule has 4 nitrogen and oxygen atoms in total. The first-order valence-corrected chi connectivity index (χ1v) is 5.84. The predicted octanol–water partition coefficient (Wildman–Crippen LogP) is 2.58. The zero-order valence-electron chi connectivity index (χ0n) is 10.2. The lowest BCUT2D eigenvalue weighted by Crippen LogP contribution is -2.13. The van der Waals surface area contributed by atoms with Gasteiger partial charge in [0.2, 0.25) is 0 Å². The van der Waals surface area contributed by atoms with Crippen LogP contribution in [-0.4, -0.2) is 22.8 Å². The Morgan fingerprint density at radius 1 is 1.00 bits per heavy atom. The lowest BCUT2D eigenvalue weighted by Gasteiger charge is -2.17. The van der Waals surface area contributed by atoms with Crippen LogP contribution in [-0.2, 0) is 9.53 Å². The van der Waals surface area contributed by atoms with E-state index in [0.717, 1.165) is 11.1 Å². The number of ether oxygens (including phenoxy) is 1. The summed E-state index contributed by atoms with van der Waals surface area (Å²) in [5, 5.41) is 18.0. The van der Waals surface area contributed by atoms with E-state index in [2.05, 4.69) is 0 Å². The van der Waals surface area contributed by atoms with Gasteiger partial charge in [0.25, 0.3) is 0 Å². The molecule has 1 atom stereocenters. The van der Waals surface area contributed by atoms with Gasteiger partial charge in [0.05, 0.1) is 0 Å². The number of rotatable bonds is 5. The maximum atomic E-state index is 10.7. The van der Waals surface area contributed by atoms with Crippen LogP contribution in [0, 0.1) is 0 Å². The molecular formula is C15H14O4. The maximum Gasteiger partial charge on any atom is 0.329 e. The summed E-state index contributed by atoms with van der Waals surface area (Å²) < 4.78 is 5.43. The van der Waals surface area contributed by atoms with E-state index in [1.807, 2.05) is 30.3 Å². The first-order valence-electron chi connectivity index (χ1n) is 5.84. The van der Waals surface area contributed by atoms with Gasteiger partial charge in [-0.15, -0.1) is 0 Å². The van der Waals surface area contributed by atoms with Crippen LogP contribution in [0.5, 0.6) is 5.75 Å². The van der Waals surface area contributed by atoms with Crippen molar-refractivity contribution in [1.29, 1.82) is 0 Å². The molecule has 2 rings (SSSR count).